The third kappa shape index (κ3) is 4.54. The molecule has 4 rings (SSSR count). The molecular weight excluding hydrogens is 400 g/mol. The molecule has 1 aromatic heterocycles. The minimum absolute atomic E-state index is 0.258. The summed E-state index contributed by atoms with van der Waals surface area (Å²) >= 11 is 0. The van der Waals surface area contributed by atoms with Crippen molar-refractivity contribution in [2.45, 2.75) is 32.1 Å². The molecule has 156 valence electrons. The molecule has 0 aliphatic heterocycles. The minimum atomic E-state index is -3.34. The van der Waals surface area contributed by atoms with E-state index in [9.17, 15) is 13.2 Å². The normalized spacial score (nSPS) is 13.9. The lowest BCUT2D eigenvalue weighted by molar-refractivity contribution is 0.102. The van der Waals surface area contributed by atoms with Gasteiger partial charge in [0.05, 0.1) is 11.9 Å². The Morgan fingerprint density at radius 1 is 0.933 bits per heavy atom. The molecular formula is C22H24N4O3S. The Hall–Kier alpha value is -3.13. The lowest BCUT2D eigenvalue weighted by Gasteiger charge is -2.07. The predicted octanol–water partition coefficient (Wildman–Crippen LogP) is 3.77. The zero-order valence-electron chi connectivity index (χ0n) is 16.8. The molecule has 2 N–H and O–H groups in total. The number of sulfonamides is 1. The maximum absolute atomic E-state index is 13.1. The molecule has 1 aliphatic rings. The molecule has 0 unspecified atom stereocenters. The highest BCUT2D eigenvalue weighted by atomic mass is 32.2. The summed E-state index contributed by atoms with van der Waals surface area (Å²) in [6.07, 6.45) is 6.09. The minimum Gasteiger partial charge on any atom is -0.321 e. The largest absolute Gasteiger partial charge is 0.321 e. The Labute approximate surface area is 176 Å². The fourth-order valence-corrected chi connectivity index (χ4v) is 4.33. The van der Waals surface area contributed by atoms with E-state index in [4.69, 9.17) is 0 Å². The summed E-state index contributed by atoms with van der Waals surface area (Å²) in [5.74, 6) is -0.258. The molecule has 7 nitrogen and oxygen atoms in total. The molecule has 1 aliphatic carbocycles. The molecule has 0 radical (unpaired) electrons. The zero-order chi connectivity index (χ0) is 21.1. The number of benzene rings is 2. The van der Waals surface area contributed by atoms with Crippen LogP contribution in [-0.4, -0.2) is 30.4 Å². The van der Waals surface area contributed by atoms with Crippen molar-refractivity contribution in [2.75, 3.05) is 16.3 Å². The monoisotopic (exact) mass is 424 g/mol. The molecule has 0 spiro atoms. The number of carbonyl (C=O) groups is 1. The summed E-state index contributed by atoms with van der Waals surface area (Å²) in [5, 5.41) is 7.57. The summed E-state index contributed by atoms with van der Waals surface area (Å²) in [5.41, 5.74) is 4.55. The first-order valence-corrected chi connectivity index (χ1v) is 11.9. The molecule has 1 heterocycles. The Bertz CT molecular complexity index is 1150. The third-order valence-corrected chi connectivity index (χ3v) is 5.70. The lowest BCUT2D eigenvalue weighted by atomic mass is 10.1. The van der Waals surface area contributed by atoms with Crippen LogP contribution in [0.3, 0.4) is 0 Å². The van der Waals surface area contributed by atoms with Crippen LogP contribution in [0.25, 0.3) is 5.69 Å². The van der Waals surface area contributed by atoms with E-state index in [1.165, 1.54) is 0 Å². The second-order valence-corrected chi connectivity index (χ2v) is 9.24. The number of nitrogens with one attached hydrogen (secondary N) is 2. The van der Waals surface area contributed by atoms with Crippen LogP contribution >= 0.6 is 0 Å². The Balaban J connectivity index is 1.62. The number of anilines is 2. The van der Waals surface area contributed by atoms with Crippen molar-refractivity contribution in [3.05, 3.63) is 71.5 Å². The van der Waals surface area contributed by atoms with Crippen molar-refractivity contribution in [3.8, 4) is 5.69 Å². The van der Waals surface area contributed by atoms with Crippen molar-refractivity contribution >= 4 is 27.3 Å². The van der Waals surface area contributed by atoms with Crippen molar-refractivity contribution in [2.24, 2.45) is 0 Å². The average molecular weight is 425 g/mol. The summed E-state index contributed by atoms with van der Waals surface area (Å²) < 4.78 is 27.0. The van der Waals surface area contributed by atoms with E-state index in [0.717, 1.165) is 55.3 Å². The number of nitrogens with zero attached hydrogens (tertiary/aromatic N) is 2. The molecule has 0 saturated carbocycles. The van der Waals surface area contributed by atoms with Crippen LogP contribution in [0.1, 0.15) is 41.0 Å². The molecule has 0 fully saturated rings. The number of carbonyl (C=O) groups excluding carboxylic acids is 1. The maximum Gasteiger partial charge on any atom is 0.276 e. The average Bonchev–Trinajstić information content (AvgIpc) is 2.90. The van der Waals surface area contributed by atoms with Gasteiger partial charge in [0, 0.05) is 22.6 Å². The smallest absolute Gasteiger partial charge is 0.276 e. The lowest BCUT2D eigenvalue weighted by Crippen LogP contribution is -2.15. The molecule has 0 bridgehead atoms. The number of para-hydroxylation sites is 1. The van der Waals surface area contributed by atoms with Gasteiger partial charge in [0.15, 0.2) is 5.69 Å². The van der Waals surface area contributed by atoms with Gasteiger partial charge in [-0.25, -0.2) is 13.1 Å². The van der Waals surface area contributed by atoms with Crippen LogP contribution in [0.15, 0.2) is 54.6 Å². The fraction of sp³-hybridized carbons (Fsp3) is 0.273. The van der Waals surface area contributed by atoms with Crippen molar-refractivity contribution in [1.82, 2.24) is 9.78 Å². The van der Waals surface area contributed by atoms with E-state index in [1.807, 2.05) is 35.0 Å². The van der Waals surface area contributed by atoms with E-state index in [-0.39, 0.29) is 5.91 Å². The van der Waals surface area contributed by atoms with E-state index in [0.29, 0.717) is 17.1 Å². The third-order valence-electron chi connectivity index (χ3n) is 5.09. The van der Waals surface area contributed by atoms with E-state index in [2.05, 4.69) is 15.1 Å². The molecule has 2 aromatic carbocycles. The summed E-state index contributed by atoms with van der Waals surface area (Å²) in [6, 6.07) is 16.4. The van der Waals surface area contributed by atoms with Gasteiger partial charge in [-0.2, -0.15) is 5.10 Å². The highest BCUT2D eigenvalue weighted by molar-refractivity contribution is 7.92. The fourth-order valence-electron chi connectivity index (χ4n) is 3.77. The highest BCUT2D eigenvalue weighted by Crippen LogP contribution is 2.27. The topological polar surface area (TPSA) is 93.1 Å². The van der Waals surface area contributed by atoms with Gasteiger partial charge in [-0.1, -0.05) is 24.6 Å². The number of rotatable bonds is 5. The molecule has 0 atom stereocenters. The molecule has 3 aromatic rings. The summed E-state index contributed by atoms with van der Waals surface area (Å²) in [6.45, 7) is 0. The molecule has 1 amide bonds. The number of aromatic nitrogens is 2. The van der Waals surface area contributed by atoms with Gasteiger partial charge >= 0.3 is 0 Å². The van der Waals surface area contributed by atoms with Crippen molar-refractivity contribution in [1.29, 1.82) is 0 Å². The maximum atomic E-state index is 13.1. The second-order valence-electron chi connectivity index (χ2n) is 7.49. The van der Waals surface area contributed by atoms with Gasteiger partial charge in [-0.15, -0.1) is 0 Å². The van der Waals surface area contributed by atoms with Crippen LogP contribution in [0.5, 0.6) is 0 Å². The van der Waals surface area contributed by atoms with Gasteiger partial charge in [-0.05, 0) is 62.1 Å². The van der Waals surface area contributed by atoms with Gasteiger partial charge in [0.2, 0.25) is 10.0 Å². The van der Waals surface area contributed by atoms with E-state index >= 15 is 0 Å². The van der Waals surface area contributed by atoms with Crippen molar-refractivity contribution in [3.63, 3.8) is 0 Å². The Morgan fingerprint density at radius 3 is 2.30 bits per heavy atom. The van der Waals surface area contributed by atoms with Crippen molar-refractivity contribution < 1.29 is 13.2 Å². The van der Waals surface area contributed by atoms with Gasteiger partial charge in [0.1, 0.15) is 0 Å². The van der Waals surface area contributed by atoms with Crippen LogP contribution in [0.4, 0.5) is 11.4 Å². The van der Waals surface area contributed by atoms with Gasteiger partial charge in [-0.3, -0.25) is 9.52 Å². The van der Waals surface area contributed by atoms with Gasteiger partial charge < -0.3 is 5.32 Å². The van der Waals surface area contributed by atoms with E-state index < -0.39 is 10.0 Å². The zero-order valence-corrected chi connectivity index (χ0v) is 17.6. The Kier molecular flexibility index (Phi) is 5.59. The van der Waals surface area contributed by atoms with Crippen LogP contribution < -0.4 is 10.0 Å². The quantitative estimate of drug-likeness (QED) is 0.610. The number of amides is 1. The van der Waals surface area contributed by atoms with Crippen LogP contribution in [0, 0.1) is 0 Å². The number of hydrogen-bond acceptors (Lipinski definition) is 4. The standard InChI is InChI=1S/C22H24N4O3S/c1-30(28,29)25-17-14-12-16(13-15-17)23-22(27)21-19-10-6-3-7-11-20(19)26(24-21)18-8-4-2-5-9-18/h2,4-5,8-9,12-15,25H,3,6-7,10-11H2,1H3,(H,23,27). The van der Waals surface area contributed by atoms with Crippen LogP contribution in [-0.2, 0) is 22.9 Å². The first-order chi connectivity index (χ1) is 14.4. The molecule has 8 heteroatoms. The molecule has 30 heavy (non-hydrogen) atoms. The van der Waals surface area contributed by atoms with E-state index in [1.54, 1.807) is 24.3 Å². The number of hydrogen-bond donors (Lipinski definition) is 2. The summed E-state index contributed by atoms with van der Waals surface area (Å²) in [7, 11) is -3.34. The first-order valence-electron chi connectivity index (χ1n) is 9.96. The highest BCUT2D eigenvalue weighted by Gasteiger charge is 2.24. The van der Waals surface area contributed by atoms with Crippen LogP contribution in [0.2, 0.25) is 0 Å². The predicted molar refractivity (Wildman–Crippen MR) is 118 cm³/mol. The first kappa shape index (κ1) is 20.2. The second kappa shape index (κ2) is 8.31. The Morgan fingerprint density at radius 2 is 1.60 bits per heavy atom. The molecule has 0 saturated heterocycles. The van der Waals surface area contributed by atoms with Gasteiger partial charge in [0.25, 0.3) is 5.91 Å². The summed E-state index contributed by atoms with van der Waals surface area (Å²) in [4.78, 5) is 13.1. The SMILES string of the molecule is CS(=O)(=O)Nc1ccc(NC(=O)c2nn(-c3ccccc3)c3c2CCCCC3)cc1. The number of fused-ring (bicyclic) bond motifs is 1.